The summed E-state index contributed by atoms with van der Waals surface area (Å²) in [5, 5.41) is 12.9. The average Bonchev–Trinajstić information content (AvgIpc) is 2.87. The van der Waals surface area contributed by atoms with Crippen molar-refractivity contribution in [2.45, 2.75) is 32.8 Å². The molecule has 1 heterocycles. The summed E-state index contributed by atoms with van der Waals surface area (Å²) in [7, 11) is 3.90. The van der Waals surface area contributed by atoms with Crippen molar-refractivity contribution in [1.82, 2.24) is 4.98 Å². The molecule has 4 aromatic rings. The third-order valence-corrected chi connectivity index (χ3v) is 6.66. The maximum absolute atomic E-state index is 12.6. The van der Waals surface area contributed by atoms with Crippen LogP contribution in [0.25, 0.3) is 33.0 Å². The molecule has 0 saturated heterocycles. The molecule has 0 fully saturated rings. The highest BCUT2D eigenvalue weighted by Crippen LogP contribution is 2.45. The lowest BCUT2D eigenvalue weighted by molar-refractivity contribution is -0.151. The number of rotatable bonds is 9. The van der Waals surface area contributed by atoms with Gasteiger partial charge in [-0.2, -0.15) is 0 Å². The lowest BCUT2D eigenvalue weighted by Crippen LogP contribution is -2.19. The molecular formula is C30H31ClN2O3. The lowest BCUT2D eigenvalue weighted by Gasteiger charge is -2.25. The molecule has 186 valence electrons. The van der Waals surface area contributed by atoms with Crippen LogP contribution in [0.3, 0.4) is 0 Å². The number of hydrogen-bond donors (Lipinski definition) is 1. The number of nitrogens with zero attached hydrogens (tertiary/aromatic N) is 2. The first-order chi connectivity index (χ1) is 17.3. The van der Waals surface area contributed by atoms with E-state index in [1.54, 1.807) is 0 Å². The van der Waals surface area contributed by atoms with E-state index in [1.807, 2.05) is 86.7 Å². The number of benzene rings is 3. The predicted molar refractivity (Wildman–Crippen MR) is 148 cm³/mol. The minimum atomic E-state index is -1.11. The maximum Gasteiger partial charge on any atom is 0.337 e. The Morgan fingerprint density at radius 2 is 1.64 bits per heavy atom. The highest BCUT2D eigenvalue weighted by atomic mass is 35.5. The highest BCUT2D eigenvalue weighted by Gasteiger charge is 2.30. The quantitative estimate of drug-likeness (QED) is 0.239. The molecule has 5 nitrogen and oxygen atoms in total. The van der Waals surface area contributed by atoms with Gasteiger partial charge in [0.2, 0.25) is 0 Å². The minimum absolute atomic E-state index is 0.369. The molecule has 4 rings (SSSR count). The van der Waals surface area contributed by atoms with Crippen molar-refractivity contribution in [1.29, 1.82) is 0 Å². The van der Waals surface area contributed by atoms with E-state index in [0.717, 1.165) is 57.2 Å². The monoisotopic (exact) mass is 502 g/mol. The van der Waals surface area contributed by atoms with E-state index >= 15 is 0 Å². The Morgan fingerprint density at radius 3 is 2.19 bits per heavy atom. The van der Waals surface area contributed by atoms with Gasteiger partial charge in [-0.15, -0.1) is 0 Å². The van der Waals surface area contributed by atoms with Crippen molar-refractivity contribution in [3.63, 3.8) is 0 Å². The molecule has 3 aromatic carbocycles. The standard InChI is InChI=1S/C30H31ClN2O3/c1-5-6-17-36-29(30(34)35)27-19(2)26(21-13-16-25(32-18-21)33(3)4)23-9-7-8-10-24(23)28(27)20-11-14-22(31)15-12-20/h7-16,18,29H,5-6,17H2,1-4H3,(H,34,35). The Kier molecular flexibility index (Phi) is 7.92. The van der Waals surface area contributed by atoms with Crippen LogP contribution in [0, 0.1) is 6.92 Å². The number of carboxylic acid groups (broad SMARTS) is 1. The fourth-order valence-electron chi connectivity index (χ4n) is 4.64. The van der Waals surface area contributed by atoms with Gasteiger partial charge < -0.3 is 14.7 Å². The normalized spacial score (nSPS) is 12.0. The summed E-state index contributed by atoms with van der Waals surface area (Å²) in [4.78, 5) is 19.2. The summed E-state index contributed by atoms with van der Waals surface area (Å²) in [5.41, 5.74) is 5.16. The first kappa shape index (κ1) is 25.7. The minimum Gasteiger partial charge on any atom is -0.479 e. The van der Waals surface area contributed by atoms with Crippen molar-refractivity contribution in [3.8, 4) is 22.3 Å². The van der Waals surface area contributed by atoms with E-state index < -0.39 is 12.1 Å². The smallest absolute Gasteiger partial charge is 0.337 e. The third-order valence-electron chi connectivity index (χ3n) is 6.41. The second kappa shape index (κ2) is 11.1. The molecule has 1 N–H and O–H groups in total. The molecule has 0 aliphatic rings. The van der Waals surface area contributed by atoms with Crippen LogP contribution < -0.4 is 4.90 Å². The van der Waals surface area contributed by atoms with Gasteiger partial charge in [0.1, 0.15) is 5.82 Å². The van der Waals surface area contributed by atoms with Crippen molar-refractivity contribution >= 4 is 34.2 Å². The maximum atomic E-state index is 12.6. The number of carbonyl (C=O) groups is 1. The molecule has 0 aliphatic heterocycles. The summed E-state index contributed by atoms with van der Waals surface area (Å²) in [5.74, 6) is -0.156. The van der Waals surface area contributed by atoms with Crippen LogP contribution in [-0.4, -0.2) is 36.8 Å². The van der Waals surface area contributed by atoms with Gasteiger partial charge in [0.25, 0.3) is 0 Å². The van der Waals surface area contributed by atoms with Crippen LogP contribution in [0.15, 0.2) is 66.9 Å². The van der Waals surface area contributed by atoms with E-state index in [2.05, 4.69) is 18.0 Å². The lowest BCUT2D eigenvalue weighted by atomic mass is 9.82. The predicted octanol–water partition coefficient (Wildman–Crippen LogP) is 7.54. The van der Waals surface area contributed by atoms with Gasteiger partial charge >= 0.3 is 5.97 Å². The Balaban J connectivity index is 2.07. The fourth-order valence-corrected chi connectivity index (χ4v) is 4.76. The van der Waals surface area contributed by atoms with Crippen molar-refractivity contribution in [2.24, 2.45) is 0 Å². The zero-order valence-corrected chi connectivity index (χ0v) is 21.8. The molecular weight excluding hydrogens is 472 g/mol. The number of fused-ring (bicyclic) bond motifs is 1. The Morgan fingerprint density at radius 1 is 1.00 bits per heavy atom. The number of carboxylic acids is 1. The summed E-state index contributed by atoms with van der Waals surface area (Å²) >= 11 is 6.20. The van der Waals surface area contributed by atoms with Crippen LogP contribution in [0.2, 0.25) is 5.02 Å². The Hall–Kier alpha value is -3.41. The molecule has 1 atom stereocenters. The zero-order valence-electron chi connectivity index (χ0n) is 21.1. The Bertz CT molecular complexity index is 1370. The van der Waals surface area contributed by atoms with E-state index in [0.29, 0.717) is 17.2 Å². The molecule has 0 aliphatic carbocycles. The van der Waals surface area contributed by atoms with Gasteiger partial charge in [-0.3, -0.25) is 0 Å². The molecule has 1 unspecified atom stereocenters. The van der Waals surface area contributed by atoms with Crippen LogP contribution in [0.1, 0.15) is 37.0 Å². The highest BCUT2D eigenvalue weighted by molar-refractivity contribution is 6.30. The molecule has 6 heteroatoms. The average molecular weight is 503 g/mol. The summed E-state index contributed by atoms with van der Waals surface area (Å²) < 4.78 is 6.04. The SMILES string of the molecule is CCCCOC(C(=O)O)c1c(C)c(-c2ccc(N(C)C)nc2)c2ccccc2c1-c1ccc(Cl)cc1. The van der Waals surface area contributed by atoms with Gasteiger partial charge in [0.15, 0.2) is 6.10 Å². The van der Waals surface area contributed by atoms with Gasteiger partial charge in [0, 0.05) is 43.0 Å². The zero-order chi connectivity index (χ0) is 25.8. The number of aliphatic carboxylic acids is 1. The number of halogens is 1. The summed E-state index contributed by atoms with van der Waals surface area (Å²) in [6.07, 6.45) is 2.45. The van der Waals surface area contributed by atoms with Gasteiger partial charge in [-0.05, 0) is 70.6 Å². The fraction of sp³-hybridized carbons (Fsp3) is 0.267. The number of aromatic nitrogens is 1. The van der Waals surface area contributed by atoms with Gasteiger partial charge in [-0.25, -0.2) is 9.78 Å². The van der Waals surface area contributed by atoms with Crippen molar-refractivity contribution in [2.75, 3.05) is 25.6 Å². The van der Waals surface area contributed by atoms with E-state index in [4.69, 9.17) is 16.3 Å². The molecule has 1 aromatic heterocycles. The van der Waals surface area contributed by atoms with Gasteiger partial charge in [0.05, 0.1) is 0 Å². The molecule has 0 spiro atoms. The molecule has 36 heavy (non-hydrogen) atoms. The third kappa shape index (κ3) is 5.08. The Labute approximate surface area is 217 Å². The first-order valence-electron chi connectivity index (χ1n) is 12.1. The number of ether oxygens (including phenoxy) is 1. The first-order valence-corrected chi connectivity index (χ1v) is 12.5. The second-order valence-electron chi connectivity index (χ2n) is 9.08. The molecule has 0 saturated carbocycles. The number of hydrogen-bond acceptors (Lipinski definition) is 4. The molecule has 0 bridgehead atoms. The van der Waals surface area contributed by atoms with E-state index in [-0.39, 0.29) is 0 Å². The number of unbranched alkanes of at least 4 members (excludes halogenated alkanes) is 1. The van der Waals surface area contributed by atoms with Crippen LogP contribution in [-0.2, 0) is 9.53 Å². The van der Waals surface area contributed by atoms with Crippen molar-refractivity contribution < 1.29 is 14.6 Å². The van der Waals surface area contributed by atoms with Crippen LogP contribution in [0.4, 0.5) is 5.82 Å². The van der Waals surface area contributed by atoms with E-state index in [9.17, 15) is 9.90 Å². The van der Waals surface area contributed by atoms with Crippen LogP contribution in [0.5, 0.6) is 0 Å². The van der Waals surface area contributed by atoms with Crippen LogP contribution >= 0.6 is 11.6 Å². The largest absolute Gasteiger partial charge is 0.479 e. The summed E-state index contributed by atoms with van der Waals surface area (Å²) in [6.45, 7) is 4.41. The number of pyridine rings is 1. The topological polar surface area (TPSA) is 62.7 Å². The molecule has 0 amide bonds. The number of anilines is 1. The summed E-state index contributed by atoms with van der Waals surface area (Å²) in [6, 6.07) is 19.6. The second-order valence-corrected chi connectivity index (χ2v) is 9.52. The van der Waals surface area contributed by atoms with Crippen molar-refractivity contribution in [3.05, 3.63) is 83.0 Å². The van der Waals surface area contributed by atoms with E-state index in [1.165, 1.54) is 0 Å². The van der Waals surface area contributed by atoms with Gasteiger partial charge in [-0.1, -0.05) is 61.3 Å². The molecule has 0 radical (unpaired) electrons.